The second-order valence-electron chi connectivity index (χ2n) is 7.87. The fraction of sp³-hybridized carbons (Fsp3) is 0.115. The Kier molecular flexibility index (Phi) is 5.25. The van der Waals surface area contributed by atoms with Crippen LogP contribution in [0.15, 0.2) is 95.9 Å². The second kappa shape index (κ2) is 8.22. The van der Waals surface area contributed by atoms with Gasteiger partial charge in [-0.25, -0.2) is 13.1 Å². The van der Waals surface area contributed by atoms with Crippen molar-refractivity contribution in [2.75, 3.05) is 11.4 Å². The van der Waals surface area contributed by atoms with Crippen molar-refractivity contribution in [2.24, 2.45) is 0 Å². The summed E-state index contributed by atoms with van der Waals surface area (Å²) in [6.07, 6.45) is 0.789. The summed E-state index contributed by atoms with van der Waals surface area (Å²) >= 11 is 0. The lowest BCUT2D eigenvalue weighted by atomic mass is 10.1. The van der Waals surface area contributed by atoms with Crippen LogP contribution in [-0.2, 0) is 23.0 Å². The fourth-order valence-electron chi connectivity index (χ4n) is 4.08. The van der Waals surface area contributed by atoms with Gasteiger partial charge in [0.15, 0.2) is 0 Å². The zero-order chi connectivity index (χ0) is 22.1. The van der Waals surface area contributed by atoms with Crippen LogP contribution in [0.1, 0.15) is 21.5 Å². The van der Waals surface area contributed by atoms with Crippen LogP contribution in [0.5, 0.6) is 0 Å². The Balaban J connectivity index is 1.36. The summed E-state index contributed by atoms with van der Waals surface area (Å²) in [6, 6.07) is 27.8. The number of nitrogens with one attached hydrogen (secondary N) is 1. The second-order valence-corrected chi connectivity index (χ2v) is 9.64. The van der Waals surface area contributed by atoms with Gasteiger partial charge >= 0.3 is 0 Å². The summed E-state index contributed by atoms with van der Waals surface area (Å²) in [5, 5.41) is 1.87. The standard InChI is InChI=1S/C26H22N2O3S/c29-26(22-7-2-1-3-8-22)28-15-14-21-11-10-19(16-25(21)28)18-27-32(30,31)24-13-12-20-6-4-5-9-23(20)17-24/h1-13,16-17,27H,14-15,18H2. The Bertz CT molecular complexity index is 1420. The van der Waals surface area contributed by atoms with E-state index in [0.717, 1.165) is 34.0 Å². The normalized spacial score (nSPS) is 13.3. The Morgan fingerprint density at radius 3 is 2.41 bits per heavy atom. The molecule has 5 nitrogen and oxygen atoms in total. The molecule has 5 rings (SSSR count). The van der Waals surface area contributed by atoms with E-state index in [9.17, 15) is 13.2 Å². The van der Waals surface area contributed by atoms with Gasteiger partial charge in [-0.05, 0) is 58.7 Å². The van der Waals surface area contributed by atoms with E-state index >= 15 is 0 Å². The first-order valence-corrected chi connectivity index (χ1v) is 12.0. The van der Waals surface area contributed by atoms with E-state index < -0.39 is 10.0 Å². The highest BCUT2D eigenvalue weighted by molar-refractivity contribution is 7.89. The van der Waals surface area contributed by atoms with E-state index in [1.807, 2.05) is 78.9 Å². The summed E-state index contributed by atoms with van der Waals surface area (Å²) in [4.78, 5) is 14.9. The summed E-state index contributed by atoms with van der Waals surface area (Å²) in [5.74, 6) is -0.0433. The maximum absolute atomic E-state index is 12.9. The van der Waals surface area contributed by atoms with Crippen LogP contribution in [-0.4, -0.2) is 20.9 Å². The van der Waals surface area contributed by atoms with Gasteiger partial charge in [-0.2, -0.15) is 0 Å². The lowest BCUT2D eigenvalue weighted by Crippen LogP contribution is -2.29. The summed E-state index contributed by atoms with van der Waals surface area (Å²) in [5.41, 5.74) is 3.39. The van der Waals surface area contributed by atoms with Gasteiger partial charge in [0.05, 0.1) is 4.90 Å². The molecule has 1 aliphatic rings. The van der Waals surface area contributed by atoms with Gasteiger partial charge in [0.25, 0.3) is 5.91 Å². The van der Waals surface area contributed by atoms with Crippen LogP contribution in [0, 0.1) is 0 Å². The molecule has 0 atom stereocenters. The highest BCUT2D eigenvalue weighted by Crippen LogP contribution is 2.30. The van der Waals surface area contributed by atoms with Gasteiger partial charge < -0.3 is 4.90 Å². The van der Waals surface area contributed by atoms with Gasteiger partial charge in [0.1, 0.15) is 0 Å². The molecule has 4 aromatic rings. The molecule has 0 unspecified atom stereocenters. The maximum atomic E-state index is 12.9. The quantitative estimate of drug-likeness (QED) is 0.494. The Hall–Kier alpha value is -3.48. The van der Waals surface area contributed by atoms with E-state index in [4.69, 9.17) is 0 Å². The minimum absolute atomic E-state index is 0.0433. The van der Waals surface area contributed by atoms with E-state index in [1.54, 1.807) is 17.0 Å². The summed E-state index contributed by atoms with van der Waals surface area (Å²) < 4.78 is 28.4. The number of sulfonamides is 1. The molecule has 6 heteroatoms. The maximum Gasteiger partial charge on any atom is 0.258 e. The molecule has 0 aromatic heterocycles. The Labute approximate surface area is 187 Å². The summed E-state index contributed by atoms with van der Waals surface area (Å²) in [7, 11) is -3.67. The van der Waals surface area contributed by atoms with Crippen molar-refractivity contribution in [1.29, 1.82) is 0 Å². The van der Waals surface area contributed by atoms with Crippen LogP contribution in [0.3, 0.4) is 0 Å². The van der Waals surface area contributed by atoms with Crippen molar-refractivity contribution in [2.45, 2.75) is 17.9 Å². The van der Waals surface area contributed by atoms with Crippen LogP contribution < -0.4 is 9.62 Å². The first-order valence-electron chi connectivity index (χ1n) is 10.5. The van der Waals surface area contributed by atoms with Gasteiger partial charge in [-0.15, -0.1) is 0 Å². The lowest BCUT2D eigenvalue weighted by molar-refractivity contribution is 0.0989. The molecule has 1 amide bonds. The van der Waals surface area contributed by atoms with Crippen molar-refractivity contribution in [3.8, 4) is 0 Å². The number of anilines is 1. The van der Waals surface area contributed by atoms with Crippen molar-refractivity contribution >= 4 is 32.4 Å². The van der Waals surface area contributed by atoms with Gasteiger partial charge in [0, 0.05) is 24.3 Å². The predicted molar refractivity (Wildman–Crippen MR) is 126 cm³/mol. The number of fused-ring (bicyclic) bond motifs is 2. The van der Waals surface area contributed by atoms with Crippen LogP contribution >= 0.6 is 0 Å². The Morgan fingerprint density at radius 2 is 1.59 bits per heavy atom. The molecule has 32 heavy (non-hydrogen) atoms. The van der Waals surface area contributed by atoms with Crippen LogP contribution in [0.2, 0.25) is 0 Å². The molecule has 0 spiro atoms. The third-order valence-corrected chi connectivity index (χ3v) is 7.21. The predicted octanol–water partition coefficient (Wildman–Crippen LogP) is 4.52. The zero-order valence-corrected chi connectivity index (χ0v) is 18.2. The van der Waals surface area contributed by atoms with Crippen molar-refractivity contribution in [3.05, 3.63) is 108 Å². The molecular weight excluding hydrogens is 420 g/mol. The number of hydrogen-bond donors (Lipinski definition) is 1. The highest BCUT2D eigenvalue weighted by Gasteiger charge is 2.26. The molecule has 0 saturated carbocycles. The Morgan fingerprint density at radius 1 is 0.844 bits per heavy atom. The third kappa shape index (κ3) is 3.90. The fourth-order valence-corrected chi connectivity index (χ4v) is 5.13. The monoisotopic (exact) mass is 442 g/mol. The number of rotatable bonds is 5. The van der Waals surface area contributed by atoms with E-state index in [0.29, 0.717) is 12.1 Å². The van der Waals surface area contributed by atoms with Gasteiger partial charge in [-0.1, -0.05) is 60.7 Å². The first kappa shape index (κ1) is 20.4. The largest absolute Gasteiger partial charge is 0.308 e. The van der Waals surface area contributed by atoms with Gasteiger partial charge in [0.2, 0.25) is 10.0 Å². The smallest absolute Gasteiger partial charge is 0.258 e. The molecule has 0 radical (unpaired) electrons. The lowest BCUT2D eigenvalue weighted by Gasteiger charge is -2.18. The molecule has 0 aliphatic carbocycles. The molecule has 4 aromatic carbocycles. The molecule has 1 N–H and O–H groups in total. The molecule has 0 saturated heterocycles. The topological polar surface area (TPSA) is 66.5 Å². The van der Waals surface area contributed by atoms with E-state index in [2.05, 4.69) is 4.72 Å². The zero-order valence-electron chi connectivity index (χ0n) is 17.4. The van der Waals surface area contributed by atoms with Crippen molar-refractivity contribution in [1.82, 2.24) is 4.72 Å². The number of nitrogens with zero attached hydrogens (tertiary/aromatic N) is 1. The van der Waals surface area contributed by atoms with Crippen molar-refractivity contribution < 1.29 is 13.2 Å². The molecule has 160 valence electrons. The molecule has 1 heterocycles. The number of benzene rings is 4. The molecule has 0 bridgehead atoms. The molecular formula is C26H22N2O3S. The minimum Gasteiger partial charge on any atom is -0.308 e. The average molecular weight is 443 g/mol. The van der Waals surface area contributed by atoms with Crippen molar-refractivity contribution in [3.63, 3.8) is 0 Å². The first-order chi connectivity index (χ1) is 15.5. The van der Waals surface area contributed by atoms with E-state index in [1.165, 1.54) is 0 Å². The van der Waals surface area contributed by atoms with Crippen LogP contribution in [0.25, 0.3) is 10.8 Å². The average Bonchev–Trinajstić information content (AvgIpc) is 3.26. The number of carbonyl (C=O) groups is 1. The highest BCUT2D eigenvalue weighted by atomic mass is 32.2. The molecule has 1 aliphatic heterocycles. The number of carbonyl (C=O) groups excluding carboxylic acids is 1. The molecule has 0 fully saturated rings. The summed E-state index contributed by atoms with van der Waals surface area (Å²) in [6.45, 7) is 0.769. The van der Waals surface area contributed by atoms with E-state index in [-0.39, 0.29) is 17.3 Å². The van der Waals surface area contributed by atoms with Crippen LogP contribution in [0.4, 0.5) is 5.69 Å². The SMILES string of the molecule is O=C(c1ccccc1)N1CCc2ccc(CNS(=O)(=O)c3ccc4ccccc4c3)cc21. The number of amides is 1. The minimum atomic E-state index is -3.67. The van der Waals surface area contributed by atoms with Gasteiger partial charge in [-0.3, -0.25) is 4.79 Å². The third-order valence-electron chi connectivity index (χ3n) is 5.81. The number of hydrogen-bond acceptors (Lipinski definition) is 3.